The molecule has 1 heterocycles. The molecule has 1 aromatic carbocycles. The summed E-state index contributed by atoms with van der Waals surface area (Å²) in [4.78, 5) is 11.8. The van der Waals surface area contributed by atoms with Crippen LogP contribution in [0.4, 0.5) is 13.2 Å². The summed E-state index contributed by atoms with van der Waals surface area (Å²) in [5, 5.41) is 0. The van der Waals surface area contributed by atoms with Gasteiger partial charge in [-0.05, 0) is 25.0 Å². The molecular weight excluding hydrogens is 233 g/mol. The number of ether oxygens (including phenoxy) is 1. The van der Waals surface area contributed by atoms with Gasteiger partial charge in [-0.15, -0.1) is 0 Å². The van der Waals surface area contributed by atoms with E-state index >= 15 is 0 Å². The third-order valence-corrected chi connectivity index (χ3v) is 2.70. The topological polar surface area (TPSA) is 26.3 Å². The monoisotopic (exact) mass is 244 g/mol. The Kier molecular flexibility index (Phi) is 3.19. The summed E-state index contributed by atoms with van der Waals surface area (Å²) >= 11 is 0. The molecule has 1 unspecified atom stereocenters. The van der Waals surface area contributed by atoms with Crippen LogP contribution in [-0.2, 0) is 10.9 Å². The molecular formula is C12H11F3O2. The number of rotatable bonds is 2. The molecule has 0 aliphatic carbocycles. The van der Waals surface area contributed by atoms with Gasteiger partial charge in [-0.2, -0.15) is 13.2 Å². The molecule has 0 spiro atoms. The van der Waals surface area contributed by atoms with E-state index in [-0.39, 0.29) is 11.3 Å². The van der Waals surface area contributed by atoms with Crippen molar-refractivity contribution in [2.75, 3.05) is 6.61 Å². The van der Waals surface area contributed by atoms with Gasteiger partial charge < -0.3 is 4.74 Å². The van der Waals surface area contributed by atoms with Gasteiger partial charge in [0.15, 0.2) is 5.78 Å². The van der Waals surface area contributed by atoms with Crippen LogP contribution in [0.3, 0.4) is 0 Å². The summed E-state index contributed by atoms with van der Waals surface area (Å²) < 4.78 is 42.6. The van der Waals surface area contributed by atoms with Crippen molar-refractivity contribution in [2.45, 2.75) is 25.1 Å². The predicted octanol–water partition coefficient (Wildman–Crippen LogP) is 3.07. The molecule has 0 bridgehead atoms. The maximum absolute atomic E-state index is 12.5. The fourth-order valence-electron chi connectivity index (χ4n) is 1.82. The molecule has 1 atom stereocenters. The second-order valence-electron chi connectivity index (χ2n) is 3.94. The van der Waals surface area contributed by atoms with Crippen LogP contribution in [-0.4, -0.2) is 18.5 Å². The van der Waals surface area contributed by atoms with Crippen molar-refractivity contribution in [3.05, 3.63) is 35.4 Å². The van der Waals surface area contributed by atoms with Crippen molar-refractivity contribution in [1.29, 1.82) is 0 Å². The van der Waals surface area contributed by atoms with Crippen molar-refractivity contribution in [1.82, 2.24) is 0 Å². The summed E-state index contributed by atoms with van der Waals surface area (Å²) in [5.74, 6) is -0.367. The van der Waals surface area contributed by atoms with E-state index in [1.807, 2.05) is 0 Å². The Bertz CT molecular complexity index is 420. The number of ketones is 1. The maximum atomic E-state index is 12.5. The number of halogens is 3. The molecule has 92 valence electrons. The molecule has 5 heteroatoms. The largest absolute Gasteiger partial charge is 0.416 e. The maximum Gasteiger partial charge on any atom is 0.416 e. The minimum absolute atomic E-state index is 0.0618. The van der Waals surface area contributed by atoms with E-state index in [4.69, 9.17) is 4.74 Å². The van der Waals surface area contributed by atoms with E-state index in [1.54, 1.807) is 0 Å². The Labute approximate surface area is 96.4 Å². The van der Waals surface area contributed by atoms with Gasteiger partial charge in [0.2, 0.25) is 0 Å². The molecule has 17 heavy (non-hydrogen) atoms. The highest BCUT2D eigenvalue weighted by atomic mass is 19.4. The second kappa shape index (κ2) is 4.49. The lowest BCUT2D eigenvalue weighted by Gasteiger charge is -2.11. The molecule has 0 amide bonds. The van der Waals surface area contributed by atoms with Crippen molar-refractivity contribution < 1.29 is 22.7 Å². The first-order valence-corrected chi connectivity index (χ1v) is 5.31. The number of alkyl halides is 3. The van der Waals surface area contributed by atoms with Gasteiger partial charge in [-0.3, -0.25) is 4.79 Å². The van der Waals surface area contributed by atoms with Crippen LogP contribution in [0, 0.1) is 0 Å². The first kappa shape index (κ1) is 12.1. The molecule has 2 nitrogen and oxygen atoms in total. The molecule has 2 rings (SSSR count). The number of carbonyl (C=O) groups is 1. The Morgan fingerprint density at radius 2 is 2.12 bits per heavy atom. The van der Waals surface area contributed by atoms with Gasteiger partial charge in [0, 0.05) is 12.2 Å². The zero-order valence-electron chi connectivity index (χ0n) is 8.96. The zero-order valence-corrected chi connectivity index (χ0v) is 8.96. The highest BCUT2D eigenvalue weighted by Gasteiger charge is 2.32. The Hall–Kier alpha value is -1.36. The van der Waals surface area contributed by atoms with Gasteiger partial charge in [0.05, 0.1) is 5.56 Å². The fraction of sp³-hybridized carbons (Fsp3) is 0.417. The lowest BCUT2D eigenvalue weighted by atomic mass is 10.0. The average molecular weight is 244 g/mol. The molecule has 1 aliphatic rings. The lowest BCUT2D eigenvalue weighted by Crippen LogP contribution is -2.20. The molecule has 0 radical (unpaired) electrons. The highest BCUT2D eigenvalue weighted by molar-refractivity contribution is 5.99. The van der Waals surface area contributed by atoms with Crippen molar-refractivity contribution in [2.24, 2.45) is 0 Å². The van der Waals surface area contributed by atoms with Crippen LogP contribution in [0.25, 0.3) is 0 Å². The third-order valence-electron chi connectivity index (χ3n) is 2.70. The van der Waals surface area contributed by atoms with E-state index < -0.39 is 17.8 Å². The van der Waals surface area contributed by atoms with Crippen LogP contribution in [0.5, 0.6) is 0 Å². The van der Waals surface area contributed by atoms with Crippen LogP contribution < -0.4 is 0 Å². The molecule has 1 saturated heterocycles. The molecule has 0 aromatic heterocycles. The smallest absolute Gasteiger partial charge is 0.370 e. The van der Waals surface area contributed by atoms with Crippen molar-refractivity contribution >= 4 is 5.78 Å². The standard InChI is InChI=1S/C12H11F3O2/c13-12(14,15)9-4-1-3-8(7-9)11(16)10-5-2-6-17-10/h1,3-4,7,10H,2,5-6H2. The van der Waals surface area contributed by atoms with Crippen LogP contribution in [0.2, 0.25) is 0 Å². The van der Waals surface area contributed by atoms with Crippen molar-refractivity contribution in [3.63, 3.8) is 0 Å². The van der Waals surface area contributed by atoms with E-state index in [1.165, 1.54) is 12.1 Å². The van der Waals surface area contributed by atoms with Crippen LogP contribution in [0.1, 0.15) is 28.8 Å². The fourth-order valence-corrected chi connectivity index (χ4v) is 1.82. The Morgan fingerprint density at radius 3 is 2.71 bits per heavy atom. The predicted molar refractivity (Wildman–Crippen MR) is 54.7 cm³/mol. The number of hydrogen-bond acceptors (Lipinski definition) is 2. The third kappa shape index (κ3) is 2.66. The van der Waals surface area contributed by atoms with Crippen molar-refractivity contribution in [3.8, 4) is 0 Å². The highest BCUT2D eigenvalue weighted by Crippen LogP contribution is 2.30. The van der Waals surface area contributed by atoms with E-state index in [2.05, 4.69) is 0 Å². The van der Waals surface area contributed by atoms with Gasteiger partial charge in [-0.25, -0.2) is 0 Å². The average Bonchev–Trinajstić information content (AvgIpc) is 2.80. The molecule has 0 N–H and O–H groups in total. The number of hydrogen-bond donors (Lipinski definition) is 0. The zero-order chi connectivity index (χ0) is 12.5. The molecule has 1 aromatic rings. The van der Waals surface area contributed by atoms with E-state index in [9.17, 15) is 18.0 Å². The first-order chi connectivity index (χ1) is 7.98. The van der Waals surface area contributed by atoms with Gasteiger partial charge in [0.25, 0.3) is 0 Å². The molecule has 1 aliphatic heterocycles. The summed E-state index contributed by atoms with van der Waals surface area (Å²) in [7, 11) is 0. The quantitative estimate of drug-likeness (QED) is 0.747. The van der Waals surface area contributed by atoms with Crippen LogP contribution in [0.15, 0.2) is 24.3 Å². The van der Waals surface area contributed by atoms with E-state index in [0.29, 0.717) is 13.0 Å². The lowest BCUT2D eigenvalue weighted by molar-refractivity contribution is -0.137. The van der Waals surface area contributed by atoms with Gasteiger partial charge in [0.1, 0.15) is 6.10 Å². The summed E-state index contributed by atoms with van der Waals surface area (Å²) in [6.07, 6.45) is -3.66. The first-order valence-electron chi connectivity index (χ1n) is 5.31. The van der Waals surface area contributed by atoms with Gasteiger partial charge in [-0.1, -0.05) is 12.1 Å². The minimum Gasteiger partial charge on any atom is -0.370 e. The Balaban J connectivity index is 2.24. The summed E-state index contributed by atoms with van der Waals surface area (Å²) in [6, 6.07) is 4.46. The van der Waals surface area contributed by atoms with Crippen LogP contribution >= 0.6 is 0 Å². The van der Waals surface area contributed by atoms with Gasteiger partial charge >= 0.3 is 6.18 Å². The minimum atomic E-state index is -4.42. The second-order valence-corrected chi connectivity index (χ2v) is 3.94. The molecule has 0 saturated carbocycles. The number of benzene rings is 1. The molecule has 1 fully saturated rings. The number of Topliss-reactive ketones (excluding diaryl/α,β-unsaturated/α-hetero) is 1. The SMILES string of the molecule is O=C(c1cccc(C(F)(F)F)c1)C1CCCO1. The Morgan fingerprint density at radius 1 is 1.35 bits per heavy atom. The summed E-state index contributed by atoms with van der Waals surface area (Å²) in [5.41, 5.74) is -0.743. The summed E-state index contributed by atoms with van der Waals surface area (Å²) in [6.45, 7) is 0.495. The normalized spacial score (nSPS) is 20.5. The van der Waals surface area contributed by atoms with E-state index in [0.717, 1.165) is 18.6 Å². The number of carbonyl (C=O) groups excluding carboxylic acids is 1.